The SMILES string of the molecule is Cc1ccc(CN2CCC(NC(=O)Nc3cn(C)nc3-c3ccco3)C2)cc1. The van der Waals surface area contributed by atoms with Gasteiger partial charge in [-0.05, 0) is 31.0 Å². The van der Waals surface area contributed by atoms with Gasteiger partial charge in [0.2, 0.25) is 0 Å². The Morgan fingerprint density at radius 3 is 2.86 bits per heavy atom. The number of rotatable bonds is 5. The van der Waals surface area contributed by atoms with E-state index < -0.39 is 0 Å². The first-order valence-electron chi connectivity index (χ1n) is 9.50. The van der Waals surface area contributed by atoms with Crippen molar-refractivity contribution in [3.8, 4) is 11.5 Å². The zero-order chi connectivity index (χ0) is 19.5. The summed E-state index contributed by atoms with van der Waals surface area (Å²) in [6, 6.07) is 12.2. The molecule has 0 radical (unpaired) electrons. The summed E-state index contributed by atoms with van der Waals surface area (Å²) < 4.78 is 7.07. The van der Waals surface area contributed by atoms with Crippen LogP contribution in [-0.2, 0) is 13.6 Å². The molecular formula is C21H25N5O2. The second-order valence-electron chi connectivity index (χ2n) is 7.35. The van der Waals surface area contributed by atoms with Gasteiger partial charge in [-0.1, -0.05) is 29.8 Å². The second kappa shape index (κ2) is 7.90. The first-order chi connectivity index (χ1) is 13.6. The van der Waals surface area contributed by atoms with E-state index in [1.807, 2.05) is 13.1 Å². The zero-order valence-electron chi connectivity index (χ0n) is 16.2. The molecule has 2 N–H and O–H groups in total. The molecular weight excluding hydrogens is 354 g/mol. The molecule has 1 aliphatic heterocycles. The average molecular weight is 379 g/mol. The van der Waals surface area contributed by atoms with Crippen molar-refractivity contribution in [3.05, 3.63) is 60.0 Å². The van der Waals surface area contributed by atoms with E-state index in [4.69, 9.17) is 4.42 Å². The summed E-state index contributed by atoms with van der Waals surface area (Å²) in [5.74, 6) is 0.626. The van der Waals surface area contributed by atoms with E-state index in [1.54, 1.807) is 23.2 Å². The highest BCUT2D eigenvalue weighted by molar-refractivity contribution is 5.93. The van der Waals surface area contributed by atoms with Crippen LogP contribution in [0.2, 0.25) is 0 Å². The third-order valence-corrected chi connectivity index (χ3v) is 4.97. The predicted molar refractivity (Wildman–Crippen MR) is 108 cm³/mol. The molecule has 1 unspecified atom stereocenters. The van der Waals surface area contributed by atoms with Crippen molar-refractivity contribution in [2.45, 2.75) is 25.9 Å². The molecule has 0 bridgehead atoms. The lowest BCUT2D eigenvalue weighted by Crippen LogP contribution is -2.39. The number of furan rings is 1. The van der Waals surface area contributed by atoms with Crippen molar-refractivity contribution in [2.75, 3.05) is 18.4 Å². The molecule has 1 fully saturated rings. The Kier molecular flexibility index (Phi) is 5.16. The monoisotopic (exact) mass is 379 g/mol. The summed E-state index contributed by atoms with van der Waals surface area (Å²) >= 11 is 0. The van der Waals surface area contributed by atoms with Crippen LogP contribution >= 0.6 is 0 Å². The van der Waals surface area contributed by atoms with Crippen LogP contribution < -0.4 is 10.6 Å². The molecule has 3 heterocycles. The molecule has 2 aromatic heterocycles. The summed E-state index contributed by atoms with van der Waals surface area (Å²) in [4.78, 5) is 14.9. The normalized spacial score (nSPS) is 17.0. The van der Waals surface area contributed by atoms with E-state index in [2.05, 4.69) is 51.8 Å². The van der Waals surface area contributed by atoms with E-state index in [-0.39, 0.29) is 12.1 Å². The van der Waals surface area contributed by atoms with Crippen LogP contribution in [-0.4, -0.2) is 39.8 Å². The number of anilines is 1. The number of aryl methyl sites for hydroxylation is 2. The van der Waals surface area contributed by atoms with Crippen molar-refractivity contribution in [1.29, 1.82) is 0 Å². The van der Waals surface area contributed by atoms with Crippen LogP contribution in [0, 0.1) is 6.92 Å². The lowest BCUT2D eigenvalue weighted by molar-refractivity contribution is 0.247. The molecule has 7 heteroatoms. The minimum atomic E-state index is -0.219. The number of likely N-dealkylation sites (tertiary alicyclic amines) is 1. The van der Waals surface area contributed by atoms with Gasteiger partial charge in [-0.25, -0.2) is 4.79 Å². The van der Waals surface area contributed by atoms with Gasteiger partial charge in [0.25, 0.3) is 0 Å². The van der Waals surface area contributed by atoms with E-state index in [9.17, 15) is 4.79 Å². The highest BCUT2D eigenvalue weighted by atomic mass is 16.3. The number of benzene rings is 1. The maximum atomic E-state index is 12.5. The summed E-state index contributed by atoms with van der Waals surface area (Å²) in [6.45, 7) is 4.83. The van der Waals surface area contributed by atoms with Crippen molar-refractivity contribution in [3.63, 3.8) is 0 Å². The predicted octanol–water partition coefficient (Wildman–Crippen LogP) is 3.38. The Hall–Kier alpha value is -3.06. The molecule has 146 valence electrons. The van der Waals surface area contributed by atoms with Crippen LogP contribution in [0.15, 0.2) is 53.3 Å². The number of hydrogen-bond acceptors (Lipinski definition) is 4. The third-order valence-electron chi connectivity index (χ3n) is 4.97. The molecule has 1 saturated heterocycles. The minimum absolute atomic E-state index is 0.134. The molecule has 1 aliphatic rings. The second-order valence-corrected chi connectivity index (χ2v) is 7.35. The molecule has 7 nitrogen and oxygen atoms in total. The van der Waals surface area contributed by atoms with Gasteiger partial charge < -0.3 is 15.1 Å². The van der Waals surface area contributed by atoms with Gasteiger partial charge in [0.15, 0.2) is 11.5 Å². The Morgan fingerprint density at radius 1 is 1.29 bits per heavy atom. The van der Waals surface area contributed by atoms with Crippen molar-refractivity contribution in [2.24, 2.45) is 7.05 Å². The molecule has 1 atom stereocenters. The highest BCUT2D eigenvalue weighted by Crippen LogP contribution is 2.26. The Labute approximate surface area is 164 Å². The number of carbonyl (C=O) groups is 1. The maximum Gasteiger partial charge on any atom is 0.319 e. The number of urea groups is 1. The fourth-order valence-electron chi connectivity index (χ4n) is 3.56. The minimum Gasteiger partial charge on any atom is -0.463 e. The number of carbonyl (C=O) groups excluding carboxylic acids is 1. The zero-order valence-corrected chi connectivity index (χ0v) is 16.2. The van der Waals surface area contributed by atoms with Crippen molar-refractivity contribution >= 4 is 11.7 Å². The number of amides is 2. The van der Waals surface area contributed by atoms with Crippen LogP contribution in [0.3, 0.4) is 0 Å². The number of nitrogens with zero attached hydrogens (tertiary/aromatic N) is 3. The molecule has 4 rings (SSSR count). The highest BCUT2D eigenvalue weighted by Gasteiger charge is 2.24. The van der Waals surface area contributed by atoms with Crippen LogP contribution in [0.1, 0.15) is 17.5 Å². The standard InChI is InChI=1S/C21H25N5O2/c1-15-5-7-16(8-6-15)12-26-10-9-17(13-26)22-21(27)23-18-14-25(2)24-20(18)19-4-3-11-28-19/h3-8,11,14,17H,9-10,12-13H2,1-2H3,(H2,22,23,27). The van der Waals surface area contributed by atoms with Gasteiger partial charge >= 0.3 is 6.03 Å². The van der Waals surface area contributed by atoms with E-state index in [1.165, 1.54) is 11.1 Å². The lowest BCUT2D eigenvalue weighted by Gasteiger charge is -2.17. The molecule has 2 amide bonds. The van der Waals surface area contributed by atoms with Crippen molar-refractivity contribution in [1.82, 2.24) is 20.0 Å². The summed E-state index contributed by atoms with van der Waals surface area (Å²) in [6.07, 6.45) is 4.31. The molecule has 0 saturated carbocycles. The van der Waals surface area contributed by atoms with E-state index in [0.717, 1.165) is 26.1 Å². The van der Waals surface area contributed by atoms with Gasteiger partial charge in [0.05, 0.1) is 12.0 Å². The number of nitrogens with one attached hydrogen (secondary N) is 2. The Bertz CT molecular complexity index is 930. The van der Waals surface area contributed by atoms with E-state index in [0.29, 0.717) is 17.1 Å². The van der Waals surface area contributed by atoms with E-state index >= 15 is 0 Å². The first kappa shape index (κ1) is 18.3. The smallest absolute Gasteiger partial charge is 0.319 e. The van der Waals surface area contributed by atoms with Gasteiger partial charge in [0, 0.05) is 38.9 Å². The summed E-state index contributed by atoms with van der Waals surface area (Å²) in [7, 11) is 1.81. The number of aromatic nitrogens is 2. The average Bonchev–Trinajstić information content (AvgIpc) is 3.39. The fraction of sp³-hybridized carbons (Fsp3) is 0.333. The van der Waals surface area contributed by atoms with Crippen molar-refractivity contribution < 1.29 is 9.21 Å². The Morgan fingerprint density at radius 2 is 2.11 bits per heavy atom. The van der Waals surface area contributed by atoms with Crippen LogP contribution in [0.4, 0.5) is 10.5 Å². The number of hydrogen-bond donors (Lipinski definition) is 2. The largest absolute Gasteiger partial charge is 0.463 e. The molecule has 1 aromatic carbocycles. The Balaban J connectivity index is 1.32. The summed E-state index contributed by atoms with van der Waals surface area (Å²) in [5, 5.41) is 10.4. The maximum absolute atomic E-state index is 12.5. The topological polar surface area (TPSA) is 75.3 Å². The first-order valence-corrected chi connectivity index (χ1v) is 9.50. The van der Waals surface area contributed by atoms with Crippen LogP contribution in [0.5, 0.6) is 0 Å². The molecule has 0 spiro atoms. The van der Waals surface area contributed by atoms with Gasteiger partial charge in [-0.2, -0.15) is 5.10 Å². The van der Waals surface area contributed by atoms with Gasteiger partial charge in [-0.15, -0.1) is 0 Å². The third kappa shape index (κ3) is 4.26. The van der Waals surface area contributed by atoms with Gasteiger partial charge in [-0.3, -0.25) is 9.58 Å². The lowest BCUT2D eigenvalue weighted by atomic mass is 10.1. The van der Waals surface area contributed by atoms with Gasteiger partial charge in [0.1, 0.15) is 0 Å². The summed E-state index contributed by atoms with van der Waals surface area (Å²) in [5.41, 5.74) is 3.82. The molecule has 3 aromatic rings. The molecule has 0 aliphatic carbocycles. The molecule has 28 heavy (non-hydrogen) atoms. The van der Waals surface area contributed by atoms with Crippen LogP contribution in [0.25, 0.3) is 11.5 Å². The quantitative estimate of drug-likeness (QED) is 0.713. The fourth-order valence-corrected chi connectivity index (χ4v) is 3.56.